The average molecular weight is 274 g/mol. The lowest BCUT2D eigenvalue weighted by atomic mass is 9.85. The van der Waals surface area contributed by atoms with Crippen molar-refractivity contribution in [3.05, 3.63) is 0 Å². The zero-order chi connectivity index (χ0) is 15.0. The van der Waals surface area contributed by atoms with Crippen LogP contribution in [0.25, 0.3) is 0 Å². The van der Waals surface area contributed by atoms with E-state index in [-0.39, 0.29) is 19.0 Å². The second-order valence-corrected chi connectivity index (χ2v) is 5.43. The third-order valence-electron chi connectivity index (χ3n) is 3.20. The Bertz CT molecular complexity index is 284. The van der Waals surface area contributed by atoms with Crippen LogP contribution in [0.1, 0.15) is 34.1 Å². The van der Waals surface area contributed by atoms with Gasteiger partial charge in [0, 0.05) is 19.5 Å². The summed E-state index contributed by atoms with van der Waals surface area (Å²) < 4.78 is 0. The van der Waals surface area contributed by atoms with Gasteiger partial charge in [-0.1, -0.05) is 27.7 Å². The number of hydrogen-bond donors (Lipinski definition) is 4. The van der Waals surface area contributed by atoms with Crippen LogP contribution in [0.4, 0.5) is 4.79 Å². The standard InChI is InChI=1S/C13H26N2O4/c1-8(2)10(9(3)4)7-15-13(19)14-6-5-11(16)12(17)18/h8-11,16H,5-7H2,1-4H3,(H,17,18)(H2,14,15,19)/t11-/m0/s1. The Morgan fingerprint density at radius 3 is 2.00 bits per heavy atom. The van der Waals surface area contributed by atoms with Gasteiger partial charge in [-0.2, -0.15) is 0 Å². The lowest BCUT2D eigenvalue weighted by molar-refractivity contribution is -0.146. The maximum absolute atomic E-state index is 11.5. The van der Waals surface area contributed by atoms with Crippen molar-refractivity contribution < 1.29 is 19.8 Å². The predicted octanol–water partition coefficient (Wildman–Crippen LogP) is 1.05. The van der Waals surface area contributed by atoms with E-state index in [1.54, 1.807) is 0 Å². The molecule has 0 radical (unpaired) electrons. The number of carboxylic acids is 1. The van der Waals surface area contributed by atoms with E-state index in [0.717, 1.165) is 0 Å². The number of carbonyl (C=O) groups is 2. The van der Waals surface area contributed by atoms with Gasteiger partial charge in [0.1, 0.15) is 0 Å². The molecular formula is C13H26N2O4. The molecule has 0 aromatic heterocycles. The van der Waals surface area contributed by atoms with E-state index in [0.29, 0.717) is 24.3 Å². The summed E-state index contributed by atoms with van der Waals surface area (Å²) in [5.41, 5.74) is 0. The van der Waals surface area contributed by atoms with E-state index < -0.39 is 12.1 Å². The summed E-state index contributed by atoms with van der Waals surface area (Å²) in [5.74, 6) is 0.0838. The number of aliphatic hydroxyl groups excluding tert-OH is 1. The largest absolute Gasteiger partial charge is 0.479 e. The number of hydrogen-bond acceptors (Lipinski definition) is 3. The van der Waals surface area contributed by atoms with Gasteiger partial charge < -0.3 is 20.8 Å². The molecule has 112 valence electrons. The van der Waals surface area contributed by atoms with Crippen molar-refractivity contribution in [1.29, 1.82) is 0 Å². The fourth-order valence-electron chi connectivity index (χ4n) is 1.96. The Kier molecular flexibility index (Phi) is 8.14. The molecule has 0 aromatic carbocycles. The second-order valence-electron chi connectivity index (χ2n) is 5.43. The van der Waals surface area contributed by atoms with Crippen LogP contribution in [-0.2, 0) is 4.79 Å². The lowest BCUT2D eigenvalue weighted by Crippen LogP contribution is -2.41. The molecule has 0 fully saturated rings. The van der Waals surface area contributed by atoms with Crippen molar-refractivity contribution in [2.75, 3.05) is 13.1 Å². The molecule has 19 heavy (non-hydrogen) atoms. The van der Waals surface area contributed by atoms with Crippen molar-refractivity contribution in [1.82, 2.24) is 10.6 Å². The third-order valence-corrected chi connectivity index (χ3v) is 3.20. The molecule has 4 N–H and O–H groups in total. The van der Waals surface area contributed by atoms with Gasteiger partial charge in [0.05, 0.1) is 0 Å². The molecule has 0 spiro atoms. The molecule has 0 aromatic rings. The highest BCUT2D eigenvalue weighted by Crippen LogP contribution is 2.19. The van der Waals surface area contributed by atoms with Crippen LogP contribution in [0.15, 0.2) is 0 Å². The van der Waals surface area contributed by atoms with Crippen LogP contribution in [-0.4, -0.2) is 41.4 Å². The van der Waals surface area contributed by atoms with E-state index in [1.807, 2.05) is 0 Å². The summed E-state index contributed by atoms with van der Waals surface area (Å²) in [6.45, 7) is 9.19. The van der Waals surface area contributed by atoms with Gasteiger partial charge in [-0.05, 0) is 17.8 Å². The molecule has 0 rings (SSSR count). The van der Waals surface area contributed by atoms with Crippen LogP contribution in [0, 0.1) is 17.8 Å². The molecule has 0 aliphatic heterocycles. The minimum atomic E-state index is -1.43. The highest BCUT2D eigenvalue weighted by Gasteiger charge is 2.18. The van der Waals surface area contributed by atoms with E-state index in [9.17, 15) is 9.59 Å². The van der Waals surface area contributed by atoms with Gasteiger partial charge in [-0.25, -0.2) is 9.59 Å². The number of nitrogens with one attached hydrogen (secondary N) is 2. The van der Waals surface area contributed by atoms with Crippen molar-refractivity contribution in [3.63, 3.8) is 0 Å². The zero-order valence-corrected chi connectivity index (χ0v) is 12.1. The van der Waals surface area contributed by atoms with Crippen LogP contribution in [0.2, 0.25) is 0 Å². The Balaban J connectivity index is 3.89. The van der Waals surface area contributed by atoms with Gasteiger partial charge in [-0.3, -0.25) is 0 Å². The van der Waals surface area contributed by atoms with E-state index in [4.69, 9.17) is 10.2 Å². The maximum Gasteiger partial charge on any atom is 0.332 e. The summed E-state index contributed by atoms with van der Waals surface area (Å²) in [5, 5.41) is 22.8. The summed E-state index contributed by atoms with van der Waals surface area (Å²) in [6.07, 6.45) is -1.43. The Labute approximate surface area is 114 Å². The molecule has 0 aliphatic carbocycles. The summed E-state index contributed by atoms with van der Waals surface area (Å²) in [6, 6.07) is -0.330. The van der Waals surface area contributed by atoms with Crippen molar-refractivity contribution in [2.24, 2.45) is 17.8 Å². The Morgan fingerprint density at radius 2 is 1.58 bits per heavy atom. The maximum atomic E-state index is 11.5. The SMILES string of the molecule is CC(C)C(CNC(=O)NCC[C@H](O)C(=O)O)C(C)C. The number of carbonyl (C=O) groups excluding carboxylic acids is 1. The minimum absolute atomic E-state index is 0.000539. The molecule has 6 heteroatoms. The Hall–Kier alpha value is -1.30. The summed E-state index contributed by atoms with van der Waals surface area (Å²) in [7, 11) is 0. The fourth-order valence-corrected chi connectivity index (χ4v) is 1.96. The number of carboxylic acid groups (broad SMARTS) is 1. The van der Waals surface area contributed by atoms with Crippen LogP contribution in [0.5, 0.6) is 0 Å². The summed E-state index contributed by atoms with van der Waals surface area (Å²) >= 11 is 0. The Morgan fingerprint density at radius 1 is 1.05 bits per heavy atom. The molecule has 0 unspecified atom stereocenters. The number of aliphatic carboxylic acids is 1. The average Bonchev–Trinajstić information content (AvgIpc) is 2.27. The number of amides is 2. The van der Waals surface area contributed by atoms with Gasteiger partial charge in [0.2, 0.25) is 0 Å². The van der Waals surface area contributed by atoms with Gasteiger partial charge in [-0.15, -0.1) is 0 Å². The summed E-state index contributed by atoms with van der Waals surface area (Å²) in [4.78, 5) is 21.9. The molecule has 1 atom stereocenters. The van der Waals surface area contributed by atoms with Crippen molar-refractivity contribution in [2.45, 2.75) is 40.2 Å². The number of aliphatic hydroxyl groups is 1. The molecule has 0 saturated carbocycles. The van der Waals surface area contributed by atoms with Crippen molar-refractivity contribution >= 4 is 12.0 Å². The predicted molar refractivity (Wildman–Crippen MR) is 72.8 cm³/mol. The molecule has 0 heterocycles. The molecule has 6 nitrogen and oxygen atoms in total. The highest BCUT2D eigenvalue weighted by atomic mass is 16.4. The van der Waals surface area contributed by atoms with Gasteiger partial charge in [0.25, 0.3) is 0 Å². The second kappa shape index (κ2) is 8.74. The first-order valence-electron chi connectivity index (χ1n) is 6.68. The number of rotatable bonds is 8. The van der Waals surface area contributed by atoms with Gasteiger partial charge >= 0.3 is 12.0 Å². The van der Waals surface area contributed by atoms with Crippen molar-refractivity contribution in [3.8, 4) is 0 Å². The monoisotopic (exact) mass is 274 g/mol. The molecule has 0 saturated heterocycles. The highest BCUT2D eigenvalue weighted by molar-refractivity contribution is 5.74. The topological polar surface area (TPSA) is 98.7 Å². The minimum Gasteiger partial charge on any atom is -0.479 e. The first kappa shape index (κ1) is 17.7. The number of urea groups is 1. The first-order chi connectivity index (χ1) is 8.75. The fraction of sp³-hybridized carbons (Fsp3) is 0.846. The molecular weight excluding hydrogens is 248 g/mol. The molecule has 0 bridgehead atoms. The first-order valence-corrected chi connectivity index (χ1v) is 6.68. The molecule has 2 amide bonds. The van der Waals surface area contributed by atoms with Crippen LogP contribution >= 0.6 is 0 Å². The normalized spacial score (nSPS) is 12.8. The van der Waals surface area contributed by atoms with E-state index >= 15 is 0 Å². The zero-order valence-electron chi connectivity index (χ0n) is 12.1. The molecule has 0 aliphatic rings. The van der Waals surface area contributed by atoms with E-state index in [1.165, 1.54) is 0 Å². The van der Waals surface area contributed by atoms with Crippen LogP contribution in [0.3, 0.4) is 0 Å². The van der Waals surface area contributed by atoms with Crippen LogP contribution < -0.4 is 10.6 Å². The lowest BCUT2D eigenvalue weighted by Gasteiger charge is -2.25. The third kappa shape index (κ3) is 7.66. The smallest absolute Gasteiger partial charge is 0.332 e. The van der Waals surface area contributed by atoms with Gasteiger partial charge in [0.15, 0.2) is 6.10 Å². The van der Waals surface area contributed by atoms with E-state index in [2.05, 4.69) is 38.3 Å². The quantitative estimate of drug-likeness (QED) is 0.531.